The third-order valence-corrected chi connectivity index (χ3v) is 3.12. The molecule has 0 saturated carbocycles. The van der Waals surface area contributed by atoms with Crippen LogP contribution < -0.4 is 0 Å². The van der Waals surface area contributed by atoms with E-state index in [1.165, 1.54) is 13.3 Å². The largest absolute Gasteiger partial charge is 0.464 e. The first-order chi connectivity index (χ1) is 7.56. The number of hydrogen-bond acceptors (Lipinski definition) is 3. The van der Waals surface area contributed by atoms with Crippen LogP contribution in [-0.2, 0) is 4.74 Å². The number of esters is 1. The van der Waals surface area contributed by atoms with E-state index in [0.717, 1.165) is 0 Å². The number of nitrogens with zero attached hydrogens (tertiary/aromatic N) is 1. The lowest BCUT2D eigenvalue weighted by atomic mass is 10.3. The molecule has 0 atom stereocenters. The number of carbonyl (C=O) groups is 1. The molecule has 84 valence electrons. The fourth-order valence-corrected chi connectivity index (χ4v) is 2.12. The zero-order chi connectivity index (χ0) is 11.9. The highest BCUT2D eigenvalue weighted by Crippen LogP contribution is 2.32. The second-order valence-corrected chi connectivity index (χ2v) is 4.11. The summed E-state index contributed by atoms with van der Waals surface area (Å²) in [6.45, 7) is 0. The number of hydrogen-bond donors (Lipinski definition) is 1. The molecule has 2 rings (SSSR count). The van der Waals surface area contributed by atoms with E-state index < -0.39 is 11.8 Å². The van der Waals surface area contributed by atoms with Crippen LogP contribution in [0.3, 0.4) is 0 Å². The molecule has 4 nitrogen and oxygen atoms in total. The van der Waals surface area contributed by atoms with Gasteiger partial charge in [-0.15, -0.1) is 0 Å². The fraction of sp³-hybridized carbons (Fsp3) is 0.111. The van der Waals surface area contributed by atoms with Crippen molar-refractivity contribution in [1.82, 2.24) is 9.97 Å². The summed E-state index contributed by atoms with van der Waals surface area (Å²) in [7, 11) is 1.24. The van der Waals surface area contributed by atoms with Crippen LogP contribution in [0.15, 0.2) is 10.7 Å². The number of fused-ring (bicyclic) bond motifs is 1. The van der Waals surface area contributed by atoms with E-state index in [0.29, 0.717) is 5.52 Å². The van der Waals surface area contributed by atoms with Gasteiger partial charge in [-0.1, -0.05) is 11.6 Å². The molecule has 0 bridgehead atoms. The Morgan fingerprint density at radius 1 is 1.69 bits per heavy atom. The highest BCUT2D eigenvalue weighted by atomic mass is 79.9. The van der Waals surface area contributed by atoms with Crippen molar-refractivity contribution in [2.75, 3.05) is 7.11 Å². The minimum absolute atomic E-state index is 0.125. The first-order valence-electron chi connectivity index (χ1n) is 4.15. The van der Waals surface area contributed by atoms with Gasteiger partial charge in [-0.3, -0.25) is 0 Å². The third-order valence-electron chi connectivity index (χ3n) is 2.07. The van der Waals surface area contributed by atoms with E-state index in [2.05, 4.69) is 30.6 Å². The number of aromatic nitrogens is 2. The number of ether oxygens (including phenoxy) is 1. The molecule has 0 saturated heterocycles. The summed E-state index contributed by atoms with van der Waals surface area (Å²) in [4.78, 5) is 17.7. The van der Waals surface area contributed by atoms with Gasteiger partial charge < -0.3 is 9.72 Å². The lowest BCUT2D eigenvalue weighted by molar-refractivity contribution is 0.0594. The van der Waals surface area contributed by atoms with Gasteiger partial charge in [-0.25, -0.2) is 14.2 Å². The Morgan fingerprint density at radius 3 is 3.00 bits per heavy atom. The van der Waals surface area contributed by atoms with Crippen molar-refractivity contribution >= 4 is 44.4 Å². The molecule has 0 aliphatic carbocycles. The first-order valence-corrected chi connectivity index (χ1v) is 5.32. The average Bonchev–Trinajstić information content (AvgIpc) is 2.61. The topological polar surface area (TPSA) is 55.0 Å². The van der Waals surface area contributed by atoms with Crippen molar-refractivity contribution in [3.8, 4) is 0 Å². The lowest BCUT2D eigenvalue weighted by Crippen LogP contribution is -2.01. The molecule has 16 heavy (non-hydrogen) atoms. The highest BCUT2D eigenvalue weighted by Gasteiger charge is 2.20. The maximum Gasteiger partial charge on any atom is 0.355 e. The summed E-state index contributed by atoms with van der Waals surface area (Å²) in [6, 6.07) is 0. The number of nitrogens with one attached hydrogen (secondary N) is 1. The monoisotopic (exact) mass is 306 g/mol. The summed E-state index contributed by atoms with van der Waals surface area (Å²) >= 11 is 8.67. The quantitative estimate of drug-likeness (QED) is 0.651. The predicted octanol–water partition coefficient (Wildman–Crippen LogP) is 2.90. The summed E-state index contributed by atoms with van der Waals surface area (Å²) in [5, 5.41) is -0.0657. The smallest absolute Gasteiger partial charge is 0.355 e. The second-order valence-electron chi connectivity index (χ2n) is 2.96. The van der Waals surface area contributed by atoms with Crippen LogP contribution in [0.2, 0.25) is 5.15 Å². The van der Waals surface area contributed by atoms with E-state index in [1.807, 2.05) is 0 Å². The maximum absolute atomic E-state index is 13.6. The summed E-state index contributed by atoms with van der Waals surface area (Å²) in [6.07, 6.45) is 1.35. The number of halogens is 3. The molecule has 7 heteroatoms. The van der Waals surface area contributed by atoms with Crippen LogP contribution in [0, 0.1) is 5.82 Å². The van der Waals surface area contributed by atoms with Gasteiger partial charge in [-0.05, 0) is 15.9 Å². The van der Waals surface area contributed by atoms with Gasteiger partial charge >= 0.3 is 5.97 Å². The van der Waals surface area contributed by atoms with E-state index in [9.17, 15) is 9.18 Å². The number of pyridine rings is 1. The van der Waals surface area contributed by atoms with Gasteiger partial charge in [-0.2, -0.15) is 0 Å². The molecule has 0 radical (unpaired) electrons. The molecular formula is C9H5BrClFN2O2. The Bertz CT molecular complexity index is 584. The zero-order valence-electron chi connectivity index (χ0n) is 7.97. The standard InChI is InChI=1S/C9H5BrClFN2O2/c1-16-9(15)7-5(10)4-3(14-7)2-13-8(11)6(4)12/h2,14H,1H3. The minimum atomic E-state index is -0.683. The third kappa shape index (κ3) is 1.58. The van der Waals surface area contributed by atoms with E-state index in [1.54, 1.807) is 0 Å². The number of rotatable bonds is 1. The molecule has 2 heterocycles. The number of H-pyrrole nitrogens is 1. The van der Waals surface area contributed by atoms with Crippen molar-refractivity contribution in [2.45, 2.75) is 0 Å². The van der Waals surface area contributed by atoms with Crippen molar-refractivity contribution in [3.05, 3.63) is 27.3 Å². The number of aromatic amines is 1. The van der Waals surface area contributed by atoms with Gasteiger partial charge in [0.25, 0.3) is 0 Å². The van der Waals surface area contributed by atoms with Crippen LogP contribution >= 0.6 is 27.5 Å². The summed E-state index contributed by atoms with van der Waals surface area (Å²) < 4.78 is 18.5. The van der Waals surface area contributed by atoms with Crippen LogP contribution in [0.5, 0.6) is 0 Å². The molecule has 0 spiro atoms. The van der Waals surface area contributed by atoms with Crippen molar-refractivity contribution in [3.63, 3.8) is 0 Å². The van der Waals surface area contributed by atoms with Crippen molar-refractivity contribution in [2.24, 2.45) is 0 Å². The highest BCUT2D eigenvalue weighted by molar-refractivity contribution is 9.10. The SMILES string of the molecule is COC(=O)c1[nH]c2cnc(Cl)c(F)c2c1Br. The Balaban J connectivity index is 2.79. The van der Waals surface area contributed by atoms with Crippen molar-refractivity contribution in [1.29, 1.82) is 0 Å². The van der Waals surface area contributed by atoms with E-state index in [-0.39, 0.29) is 20.7 Å². The van der Waals surface area contributed by atoms with Gasteiger partial charge in [0.1, 0.15) is 5.69 Å². The predicted molar refractivity (Wildman–Crippen MR) is 60.1 cm³/mol. The lowest BCUT2D eigenvalue weighted by Gasteiger charge is -1.96. The minimum Gasteiger partial charge on any atom is -0.464 e. The Labute approximate surface area is 103 Å². The molecule has 0 unspecified atom stereocenters. The molecule has 2 aromatic heterocycles. The summed E-state index contributed by atoms with van der Waals surface area (Å²) in [5.41, 5.74) is 0.495. The molecule has 0 aliphatic heterocycles. The van der Waals surface area contributed by atoms with Gasteiger partial charge in [0.05, 0.1) is 28.7 Å². The fourth-order valence-electron chi connectivity index (χ4n) is 1.33. The molecule has 0 fully saturated rings. The van der Waals surface area contributed by atoms with E-state index in [4.69, 9.17) is 11.6 Å². The van der Waals surface area contributed by atoms with Crippen LogP contribution in [-0.4, -0.2) is 23.0 Å². The molecule has 1 N–H and O–H groups in total. The molecule has 2 aromatic rings. The van der Waals surface area contributed by atoms with Crippen LogP contribution in [0.1, 0.15) is 10.5 Å². The number of carbonyl (C=O) groups excluding carboxylic acids is 1. The number of methoxy groups -OCH3 is 1. The van der Waals surface area contributed by atoms with Gasteiger partial charge in [0.2, 0.25) is 0 Å². The van der Waals surface area contributed by atoms with Crippen molar-refractivity contribution < 1.29 is 13.9 Å². The molecule has 0 aliphatic rings. The van der Waals surface area contributed by atoms with Gasteiger partial charge in [0, 0.05) is 0 Å². The average molecular weight is 308 g/mol. The Hall–Kier alpha value is -1.14. The van der Waals surface area contributed by atoms with Crippen LogP contribution in [0.25, 0.3) is 10.9 Å². The zero-order valence-corrected chi connectivity index (χ0v) is 10.3. The Morgan fingerprint density at radius 2 is 2.38 bits per heavy atom. The maximum atomic E-state index is 13.6. The van der Waals surface area contributed by atoms with Crippen LogP contribution in [0.4, 0.5) is 4.39 Å². The second kappa shape index (κ2) is 4.03. The normalized spacial score (nSPS) is 10.8. The molecular weight excluding hydrogens is 302 g/mol. The Kier molecular flexibility index (Phi) is 2.86. The summed E-state index contributed by atoms with van der Waals surface area (Å²) in [5.74, 6) is -1.28. The van der Waals surface area contributed by atoms with Gasteiger partial charge in [0.15, 0.2) is 11.0 Å². The molecule has 0 amide bonds. The first kappa shape index (κ1) is 11.3. The molecule has 0 aromatic carbocycles. The van der Waals surface area contributed by atoms with E-state index >= 15 is 0 Å².